The van der Waals surface area contributed by atoms with Gasteiger partial charge in [0.15, 0.2) is 0 Å². The largest absolute Gasteiger partial charge is 0.372 e. The van der Waals surface area contributed by atoms with Gasteiger partial charge >= 0.3 is 0 Å². The highest BCUT2D eigenvalue weighted by Crippen LogP contribution is 2.13. The maximum absolute atomic E-state index is 12.2. The topological polar surface area (TPSA) is 49.4 Å². The van der Waals surface area contributed by atoms with Gasteiger partial charge in [-0.25, -0.2) is 13.1 Å². The Balaban J connectivity index is 1.80. The van der Waals surface area contributed by atoms with E-state index in [4.69, 9.17) is 0 Å². The van der Waals surface area contributed by atoms with E-state index >= 15 is 0 Å². The van der Waals surface area contributed by atoms with Gasteiger partial charge in [-0.1, -0.05) is 48.0 Å². The molecule has 5 heteroatoms. The lowest BCUT2D eigenvalue weighted by Crippen LogP contribution is -2.30. The first-order valence-electron chi connectivity index (χ1n) is 8.33. The van der Waals surface area contributed by atoms with E-state index in [1.165, 1.54) is 5.69 Å². The normalized spacial score (nSPS) is 11.4. The molecule has 0 atom stereocenters. The summed E-state index contributed by atoms with van der Waals surface area (Å²) in [6, 6.07) is 17.8. The molecular weight excluding hydrogens is 320 g/mol. The van der Waals surface area contributed by atoms with Gasteiger partial charge in [0.05, 0.1) is 5.75 Å². The number of sulfonamides is 1. The minimum absolute atomic E-state index is 0.0326. The summed E-state index contributed by atoms with van der Waals surface area (Å²) in [4.78, 5) is 2.24. The van der Waals surface area contributed by atoms with Crippen LogP contribution < -0.4 is 9.62 Å². The zero-order chi connectivity index (χ0) is 17.4. The Labute approximate surface area is 145 Å². The molecule has 0 spiro atoms. The Morgan fingerprint density at radius 2 is 1.79 bits per heavy atom. The first kappa shape index (κ1) is 18.5. The predicted molar refractivity (Wildman–Crippen MR) is 101 cm³/mol. The minimum atomic E-state index is -3.29. The summed E-state index contributed by atoms with van der Waals surface area (Å²) in [6.07, 6.45) is 0.774. The van der Waals surface area contributed by atoms with Gasteiger partial charge in [-0.2, -0.15) is 0 Å². The number of nitrogens with zero attached hydrogens (tertiary/aromatic N) is 1. The molecule has 24 heavy (non-hydrogen) atoms. The molecule has 0 aliphatic carbocycles. The fourth-order valence-corrected chi connectivity index (χ4v) is 3.85. The zero-order valence-electron chi connectivity index (χ0n) is 14.4. The smallest absolute Gasteiger partial charge is 0.215 e. The third kappa shape index (κ3) is 5.98. The Morgan fingerprint density at radius 1 is 1.04 bits per heavy atom. The summed E-state index contributed by atoms with van der Waals surface area (Å²) in [5.41, 5.74) is 3.06. The van der Waals surface area contributed by atoms with Crippen molar-refractivity contribution < 1.29 is 8.42 Å². The quantitative estimate of drug-likeness (QED) is 0.709. The number of hydrogen-bond acceptors (Lipinski definition) is 3. The van der Waals surface area contributed by atoms with Crippen molar-refractivity contribution in [1.29, 1.82) is 0 Å². The third-order valence-electron chi connectivity index (χ3n) is 3.87. The van der Waals surface area contributed by atoms with E-state index in [0.29, 0.717) is 6.54 Å². The molecule has 0 fully saturated rings. The Morgan fingerprint density at radius 3 is 2.46 bits per heavy atom. The molecule has 2 rings (SSSR count). The van der Waals surface area contributed by atoms with Crippen molar-refractivity contribution in [2.24, 2.45) is 0 Å². The van der Waals surface area contributed by atoms with Crippen LogP contribution in [0.25, 0.3) is 0 Å². The number of hydrogen-bond donors (Lipinski definition) is 1. The summed E-state index contributed by atoms with van der Waals surface area (Å²) in [7, 11) is -3.29. The molecule has 4 nitrogen and oxygen atoms in total. The molecule has 0 bridgehead atoms. The second-order valence-corrected chi connectivity index (χ2v) is 7.72. The standard InChI is InChI=1S/C19H26N2O2S/c1-3-21(19-11-5-4-6-12-19)14-8-13-20-24(22,23)16-18-10-7-9-17(2)15-18/h4-7,9-12,15,20H,3,8,13-14,16H2,1-2H3. The molecule has 0 heterocycles. The van der Waals surface area contributed by atoms with Crippen molar-refractivity contribution in [3.8, 4) is 0 Å². The van der Waals surface area contributed by atoms with Crippen LogP contribution in [0.1, 0.15) is 24.5 Å². The first-order valence-corrected chi connectivity index (χ1v) is 9.98. The Hall–Kier alpha value is -1.85. The van der Waals surface area contributed by atoms with Crippen molar-refractivity contribution >= 4 is 15.7 Å². The van der Waals surface area contributed by atoms with Gasteiger partial charge in [0.25, 0.3) is 0 Å². The van der Waals surface area contributed by atoms with Crippen LogP contribution >= 0.6 is 0 Å². The van der Waals surface area contributed by atoms with Crippen LogP contribution in [0.3, 0.4) is 0 Å². The van der Waals surface area contributed by atoms with E-state index in [0.717, 1.165) is 30.6 Å². The van der Waals surface area contributed by atoms with Crippen LogP contribution in [-0.2, 0) is 15.8 Å². The van der Waals surface area contributed by atoms with Gasteiger partial charge in [0, 0.05) is 25.3 Å². The number of anilines is 1. The molecule has 0 saturated carbocycles. The fourth-order valence-electron chi connectivity index (χ4n) is 2.68. The summed E-state index contributed by atoms with van der Waals surface area (Å²) < 4.78 is 27.0. The zero-order valence-corrected chi connectivity index (χ0v) is 15.2. The van der Waals surface area contributed by atoms with Crippen LogP contribution in [0, 0.1) is 6.92 Å². The fraction of sp³-hybridized carbons (Fsp3) is 0.368. The Kier molecular flexibility index (Phi) is 6.82. The highest BCUT2D eigenvalue weighted by molar-refractivity contribution is 7.88. The number of aryl methyl sites for hydroxylation is 1. The van der Waals surface area contributed by atoms with Crippen LogP contribution in [0.5, 0.6) is 0 Å². The lowest BCUT2D eigenvalue weighted by molar-refractivity contribution is 0.577. The van der Waals surface area contributed by atoms with E-state index in [9.17, 15) is 8.42 Å². The van der Waals surface area contributed by atoms with Crippen LogP contribution in [0.15, 0.2) is 54.6 Å². The SMILES string of the molecule is CCN(CCCNS(=O)(=O)Cc1cccc(C)c1)c1ccccc1. The van der Waals surface area contributed by atoms with E-state index < -0.39 is 10.0 Å². The van der Waals surface area contributed by atoms with Crippen molar-refractivity contribution in [3.05, 3.63) is 65.7 Å². The van der Waals surface area contributed by atoms with Crippen LogP contribution in [-0.4, -0.2) is 28.1 Å². The van der Waals surface area contributed by atoms with Crippen molar-refractivity contribution in [3.63, 3.8) is 0 Å². The summed E-state index contributed by atoms with van der Waals surface area (Å²) in [5.74, 6) is 0.0326. The number of para-hydroxylation sites is 1. The number of rotatable bonds is 9. The van der Waals surface area contributed by atoms with Gasteiger partial charge in [0.1, 0.15) is 0 Å². The molecule has 2 aromatic rings. The van der Waals surface area contributed by atoms with Gasteiger partial charge in [-0.05, 0) is 38.0 Å². The lowest BCUT2D eigenvalue weighted by Gasteiger charge is -2.23. The first-order chi connectivity index (χ1) is 11.5. The average Bonchev–Trinajstić information content (AvgIpc) is 2.55. The highest BCUT2D eigenvalue weighted by atomic mass is 32.2. The lowest BCUT2D eigenvalue weighted by atomic mass is 10.2. The molecule has 0 saturated heterocycles. The van der Waals surface area contributed by atoms with E-state index in [1.54, 1.807) is 0 Å². The monoisotopic (exact) mass is 346 g/mol. The number of benzene rings is 2. The molecular formula is C19H26N2O2S. The molecule has 0 aliphatic rings. The maximum atomic E-state index is 12.2. The molecule has 0 radical (unpaired) electrons. The molecule has 130 valence electrons. The van der Waals surface area contributed by atoms with Gasteiger partial charge < -0.3 is 4.90 Å². The Bertz CT molecular complexity index is 730. The third-order valence-corrected chi connectivity index (χ3v) is 5.23. The number of nitrogens with one attached hydrogen (secondary N) is 1. The molecule has 2 aromatic carbocycles. The maximum Gasteiger partial charge on any atom is 0.215 e. The van der Waals surface area contributed by atoms with Crippen molar-refractivity contribution in [2.75, 3.05) is 24.5 Å². The van der Waals surface area contributed by atoms with E-state index in [1.807, 2.05) is 49.4 Å². The molecule has 0 unspecified atom stereocenters. The molecule has 0 aromatic heterocycles. The van der Waals surface area contributed by atoms with E-state index in [2.05, 4.69) is 28.7 Å². The van der Waals surface area contributed by atoms with Crippen LogP contribution in [0.4, 0.5) is 5.69 Å². The summed E-state index contributed by atoms with van der Waals surface area (Å²) in [5, 5.41) is 0. The predicted octanol–water partition coefficient (Wildman–Crippen LogP) is 3.33. The molecule has 0 amide bonds. The van der Waals surface area contributed by atoms with Gasteiger partial charge in [-0.3, -0.25) is 0 Å². The highest BCUT2D eigenvalue weighted by Gasteiger charge is 2.11. The van der Waals surface area contributed by atoms with Crippen LogP contribution in [0.2, 0.25) is 0 Å². The minimum Gasteiger partial charge on any atom is -0.372 e. The van der Waals surface area contributed by atoms with E-state index in [-0.39, 0.29) is 5.75 Å². The molecule has 1 N–H and O–H groups in total. The average molecular weight is 346 g/mol. The second-order valence-electron chi connectivity index (χ2n) is 5.91. The van der Waals surface area contributed by atoms with Gasteiger partial charge in [0.2, 0.25) is 10.0 Å². The second kappa shape index (κ2) is 8.85. The molecule has 0 aliphatic heterocycles. The summed E-state index contributed by atoms with van der Waals surface area (Å²) in [6.45, 7) is 6.26. The summed E-state index contributed by atoms with van der Waals surface area (Å²) >= 11 is 0. The van der Waals surface area contributed by atoms with Crippen molar-refractivity contribution in [2.45, 2.75) is 26.0 Å². The van der Waals surface area contributed by atoms with Gasteiger partial charge in [-0.15, -0.1) is 0 Å². The van der Waals surface area contributed by atoms with Crippen molar-refractivity contribution in [1.82, 2.24) is 4.72 Å².